The molecule has 0 spiro atoms. The largest absolute Gasteiger partial charge is 0.413 e. The Morgan fingerprint density at radius 2 is 2.21 bits per heavy atom. The third-order valence-electron chi connectivity index (χ3n) is 1.41. The molecule has 0 fully saturated rings. The van der Waals surface area contributed by atoms with E-state index in [0.717, 1.165) is 5.56 Å². The Balaban J connectivity index is 2.39. The van der Waals surface area contributed by atoms with E-state index in [9.17, 15) is 0 Å². The second-order valence-corrected chi connectivity index (χ2v) is 6.51. The zero-order chi connectivity index (χ0) is 10.6. The number of aromatic nitrogens is 1. The van der Waals surface area contributed by atoms with Gasteiger partial charge in [0.25, 0.3) is 0 Å². The first kappa shape index (κ1) is 11.7. The maximum absolute atomic E-state index is 5.75. The molecule has 0 aromatic carbocycles. The summed E-state index contributed by atoms with van der Waals surface area (Å²) in [6.45, 7) is 7.08. The quantitative estimate of drug-likeness (QED) is 0.585. The third-order valence-corrected chi connectivity index (χ3v) is 2.52. The fourth-order valence-corrected chi connectivity index (χ4v) is 1.74. The summed E-state index contributed by atoms with van der Waals surface area (Å²) in [5, 5.41) is 0.752. The lowest BCUT2D eigenvalue weighted by atomic mass is 10.3. The molecule has 0 saturated heterocycles. The van der Waals surface area contributed by atoms with Crippen LogP contribution >= 0.6 is 11.6 Å². The molecule has 0 amide bonds. The standard InChI is InChI=1S/C10H14ClNOSi/c1-10(2,3)14-13-7-8-4-5-12-9(11)6-8/h4-6H,7H2,1-3H3. The van der Waals surface area contributed by atoms with E-state index in [1.165, 1.54) is 0 Å². The molecule has 76 valence electrons. The van der Waals surface area contributed by atoms with Crippen molar-refractivity contribution in [3.8, 4) is 0 Å². The van der Waals surface area contributed by atoms with E-state index < -0.39 is 0 Å². The lowest BCUT2D eigenvalue weighted by Gasteiger charge is -2.15. The Hall–Kier alpha value is -0.383. The number of halogens is 1. The molecule has 1 heterocycles. The Morgan fingerprint density at radius 3 is 2.79 bits per heavy atom. The van der Waals surface area contributed by atoms with Crippen LogP contribution in [0, 0.1) is 0 Å². The van der Waals surface area contributed by atoms with Crippen molar-refractivity contribution in [3.05, 3.63) is 29.0 Å². The molecule has 0 N–H and O–H groups in total. The van der Waals surface area contributed by atoms with Gasteiger partial charge in [-0.15, -0.1) is 0 Å². The first-order valence-corrected chi connectivity index (χ1v) is 5.75. The minimum absolute atomic E-state index is 0.233. The average molecular weight is 228 g/mol. The number of pyridine rings is 1. The topological polar surface area (TPSA) is 22.1 Å². The molecule has 1 aromatic rings. The summed E-state index contributed by atoms with van der Waals surface area (Å²) >= 11 is 5.75. The van der Waals surface area contributed by atoms with E-state index in [4.69, 9.17) is 16.0 Å². The van der Waals surface area contributed by atoms with E-state index in [1.54, 1.807) is 6.20 Å². The fourth-order valence-electron chi connectivity index (χ4n) is 0.868. The summed E-state index contributed by atoms with van der Waals surface area (Å²) in [6, 6.07) is 3.74. The molecule has 0 unspecified atom stereocenters. The van der Waals surface area contributed by atoms with Crippen LogP contribution in [0.2, 0.25) is 10.2 Å². The van der Waals surface area contributed by atoms with Gasteiger partial charge < -0.3 is 4.43 Å². The Bertz CT molecular complexity index is 298. The minimum atomic E-state index is 0.233. The summed E-state index contributed by atoms with van der Waals surface area (Å²) in [5.41, 5.74) is 1.07. The van der Waals surface area contributed by atoms with E-state index in [2.05, 4.69) is 25.8 Å². The van der Waals surface area contributed by atoms with Gasteiger partial charge in [0, 0.05) is 6.20 Å². The molecule has 4 heteroatoms. The Morgan fingerprint density at radius 1 is 1.50 bits per heavy atom. The molecule has 2 radical (unpaired) electrons. The average Bonchev–Trinajstić information content (AvgIpc) is 2.01. The van der Waals surface area contributed by atoms with Gasteiger partial charge in [-0.25, -0.2) is 4.98 Å². The normalized spacial score (nSPS) is 11.7. The summed E-state index contributed by atoms with van der Waals surface area (Å²) in [4.78, 5) is 3.91. The lowest BCUT2D eigenvalue weighted by Crippen LogP contribution is -2.12. The number of rotatable bonds is 3. The van der Waals surface area contributed by atoms with Gasteiger partial charge in [-0.1, -0.05) is 32.4 Å². The highest BCUT2D eigenvalue weighted by Crippen LogP contribution is 2.20. The van der Waals surface area contributed by atoms with Crippen LogP contribution in [-0.4, -0.2) is 14.7 Å². The molecular formula is C10H14ClNOSi. The van der Waals surface area contributed by atoms with Crippen LogP contribution in [0.4, 0.5) is 0 Å². The van der Waals surface area contributed by atoms with E-state index in [0.29, 0.717) is 21.5 Å². The van der Waals surface area contributed by atoms with Gasteiger partial charge in [-0.05, 0) is 22.7 Å². The van der Waals surface area contributed by atoms with E-state index in [-0.39, 0.29) is 5.04 Å². The predicted molar refractivity (Wildman–Crippen MR) is 59.5 cm³/mol. The van der Waals surface area contributed by atoms with Crippen molar-refractivity contribution >= 4 is 21.4 Å². The van der Waals surface area contributed by atoms with Gasteiger partial charge in [0.2, 0.25) is 9.76 Å². The maximum atomic E-state index is 5.75. The molecule has 0 aliphatic carbocycles. The lowest BCUT2D eigenvalue weighted by molar-refractivity contribution is 0.309. The molecule has 2 nitrogen and oxygen atoms in total. The second-order valence-electron chi connectivity index (χ2n) is 4.13. The van der Waals surface area contributed by atoms with Gasteiger partial charge in [0.05, 0.1) is 6.61 Å². The summed E-state index contributed by atoms with van der Waals surface area (Å²) in [6.07, 6.45) is 1.70. The van der Waals surface area contributed by atoms with E-state index in [1.807, 2.05) is 12.1 Å². The number of hydrogen-bond donors (Lipinski definition) is 0. The van der Waals surface area contributed by atoms with Crippen LogP contribution in [-0.2, 0) is 11.0 Å². The molecule has 0 bridgehead atoms. The summed E-state index contributed by atoms with van der Waals surface area (Å²) < 4.78 is 5.58. The van der Waals surface area contributed by atoms with Crippen molar-refractivity contribution in [1.29, 1.82) is 0 Å². The number of nitrogens with zero attached hydrogens (tertiary/aromatic N) is 1. The first-order chi connectivity index (χ1) is 6.47. The van der Waals surface area contributed by atoms with Crippen LogP contribution < -0.4 is 0 Å². The summed E-state index contributed by atoms with van der Waals surface area (Å²) in [7, 11) is 0.500. The molecule has 1 rings (SSSR count). The third kappa shape index (κ3) is 4.74. The van der Waals surface area contributed by atoms with Gasteiger partial charge in [0.15, 0.2) is 0 Å². The fraction of sp³-hybridized carbons (Fsp3) is 0.500. The molecule has 0 aliphatic rings. The number of hydrogen-bond acceptors (Lipinski definition) is 2. The van der Waals surface area contributed by atoms with Crippen molar-refractivity contribution in [2.75, 3.05) is 0 Å². The molecule has 1 aromatic heterocycles. The maximum Gasteiger partial charge on any atom is 0.236 e. The highest BCUT2D eigenvalue weighted by atomic mass is 35.5. The Kier molecular flexibility index (Phi) is 4.10. The molecule has 14 heavy (non-hydrogen) atoms. The summed E-state index contributed by atoms with van der Waals surface area (Å²) in [5.74, 6) is 0. The zero-order valence-corrected chi connectivity index (χ0v) is 10.4. The van der Waals surface area contributed by atoms with Gasteiger partial charge >= 0.3 is 0 Å². The van der Waals surface area contributed by atoms with Gasteiger partial charge in [0.1, 0.15) is 5.15 Å². The smallest absolute Gasteiger partial charge is 0.236 e. The van der Waals surface area contributed by atoms with Crippen molar-refractivity contribution < 1.29 is 4.43 Å². The van der Waals surface area contributed by atoms with Crippen LogP contribution in [0.15, 0.2) is 18.3 Å². The van der Waals surface area contributed by atoms with Crippen LogP contribution in [0.3, 0.4) is 0 Å². The molecular weight excluding hydrogens is 214 g/mol. The van der Waals surface area contributed by atoms with Gasteiger partial charge in [-0.3, -0.25) is 0 Å². The monoisotopic (exact) mass is 227 g/mol. The van der Waals surface area contributed by atoms with Crippen LogP contribution in [0.5, 0.6) is 0 Å². The van der Waals surface area contributed by atoms with Gasteiger partial charge in [-0.2, -0.15) is 0 Å². The van der Waals surface area contributed by atoms with Crippen LogP contribution in [0.1, 0.15) is 26.3 Å². The highest BCUT2D eigenvalue weighted by molar-refractivity contribution is 6.31. The highest BCUT2D eigenvalue weighted by Gasteiger charge is 2.12. The molecule has 0 aliphatic heterocycles. The van der Waals surface area contributed by atoms with Crippen molar-refractivity contribution in [2.45, 2.75) is 32.4 Å². The van der Waals surface area contributed by atoms with Crippen molar-refractivity contribution in [1.82, 2.24) is 4.98 Å². The Labute approximate surface area is 92.6 Å². The molecule has 0 atom stereocenters. The SMILES string of the molecule is CC(C)(C)[Si]OCc1ccnc(Cl)c1. The zero-order valence-electron chi connectivity index (χ0n) is 8.67. The van der Waals surface area contributed by atoms with Crippen LogP contribution in [0.25, 0.3) is 0 Å². The van der Waals surface area contributed by atoms with E-state index >= 15 is 0 Å². The molecule has 0 saturated carbocycles. The predicted octanol–water partition coefficient (Wildman–Crippen LogP) is 3.09. The first-order valence-electron chi connectivity index (χ1n) is 4.47. The minimum Gasteiger partial charge on any atom is -0.413 e. The second kappa shape index (κ2) is 4.91. The van der Waals surface area contributed by atoms with Crippen molar-refractivity contribution in [3.63, 3.8) is 0 Å². The van der Waals surface area contributed by atoms with Crippen molar-refractivity contribution in [2.24, 2.45) is 0 Å².